The fraction of sp³-hybridized carbons (Fsp3) is 0.583. The minimum absolute atomic E-state index is 0.101. The second kappa shape index (κ2) is 5.83. The average molecular weight is 266 g/mol. The first-order valence-corrected chi connectivity index (χ1v) is 6.44. The molecule has 1 saturated carbocycles. The molecule has 1 aliphatic rings. The molecule has 2 rings (SSSR count). The van der Waals surface area contributed by atoms with Crippen LogP contribution < -0.4 is 22.3 Å². The Labute approximate surface area is 109 Å². The molecule has 19 heavy (non-hydrogen) atoms. The number of rotatable bonds is 4. The Morgan fingerprint density at radius 2 is 2.11 bits per heavy atom. The highest BCUT2D eigenvalue weighted by Crippen LogP contribution is 2.27. The molecule has 104 valence electrons. The monoisotopic (exact) mass is 266 g/mol. The number of H-pyrrole nitrogens is 2. The summed E-state index contributed by atoms with van der Waals surface area (Å²) in [6.07, 6.45) is 5.51. The summed E-state index contributed by atoms with van der Waals surface area (Å²) < 4.78 is 0. The summed E-state index contributed by atoms with van der Waals surface area (Å²) in [6.45, 7) is 0.345. The van der Waals surface area contributed by atoms with Crippen molar-refractivity contribution in [2.75, 3.05) is 6.54 Å². The zero-order chi connectivity index (χ0) is 13.8. The highest BCUT2D eigenvalue weighted by atomic mass is 16.2. The molecule has 0 bridgehead atoms. The van der Waals surface area contributed by atoms with E-state index in [4.69, 9.17) is 5.73 Å². The Bertz CT molecular complexity index is 557. The van der Waals surface area contributed by atoms with Crippen molar-refractivity contribution in [1.29, 1.82) is 0 Å². The molecule has 1 atom stereocenters. The summed E-state index contributed by atoms with van der Waals surface area (Å²) >= 11 is 0. The molecule has 1 heterocycles. The largest absolute Gasteiger partial charge is 0.348 e. The van der Waals surface area contributed by atoms with Gasteiger partial charge in [-0.05, 0) is 18.8 Å². The predicted molar refractivity (Wildman–Crippen MR) is 70.0 cm³/mol. The maximum absolute atomic E-state index is 12.0. The molecule has 1 fully saturated rings. The van der Waals surface area contributed by atoms with E-state index in [0.29, 0.717) is 12.5 Å². The second-order valence-electron chi connectivity index (χ2n) is 4.85. The Kier molecular flexibility index (Phi) is 4.16. The van der Waals surface area contributed by atoms with Gasteiger partial charge in [-0.25, -0.2) is 4.79 Å². The summed E-state index contributed by atoms with van der Waals surface area (Å²) in [6, 6.07) is -0.124. The summed E-state index contributed by atoms with van der Waals surface area (Å²) in [4.78, 5) is 38.7. The fourth-order valence-electron chi connectivity index (χ4n) is 2.55. The van der Waals surface area contributed by atoms with E-state index in [-0.39, 0.29) is 11.6 Å². The normalized spacial score (nSPS) is 17.3. The van der Waals surface area contributed by atoms with E-state index < -0.39 is 17.2 Å². The molecule has 0 spiro atoms. The molecule has 7 nitrogen and oxygen atoms in total. The Hall–Kier alpha value is -1.89. The van der Waals surface area contributed by atoms with Gasteiger partial charge in [-0.2, -0.15) is 0 Å². The number of carbonyl (C=O) groups excluding carboxylic acids is 1. The van der Waals surface area contributed by atoms with Gasteiger partial charge in [-0.15, -0.1) is 0 Å². The quantitative estimate of drug-likeness (QED) is 0.576. The first-order valence-electron chi connectivity index (χ1n) is 6.44. The van der Waals surface area contributed by atoms with E-state index in [9.17, 15) is 14.4 Å². The van der Waals surface area contributed by atoms with E-state index in [0.717, 1.165) is 31.9 Å². The van der Waals surface area contributed by atoms with E-state index in [2.05, 4.69) is 10.3 Å². The fourth-order valence-corrected chi connectivity index (χ4v) is 2.55. The van der Waals surface area contributed by atoms with Crippen molar-refractivity contribution < 1.29 is 4.79 Å². The summed E-state index contributed by atoms with van der Waals surface area (Å²) in [5.41, 5.74) is 4.26. The molecular formula is C12H18N4O3. The van der Waals surface area contributed by atoms with E-state index in [1.165, 1.54) is 0 Å². The number of nitrogens with one attached hydrogen (secondary N) is 3. The minimum atomic E-state index is -0.691. The van der Waals surface area contributed by atoms with Gasteiger partial charge in [0.05, 0.1) is 0 Å². The van der Waals surface area contributed by atoms with Gasteiger partial charge in [0.1, 0.15) is 5.56 Å². The first-order chi connectivity index (χ1) is 9.11. The van der Waals surface area contributed by atoms with Crippen LogP contribution >= 0.6 is 0 Å². The van der Waals surface area contributed by atoms with Gasteiger partial charge >= 0.3 is 5.69 Å². The Morgan fingerprint density at radius 1 is 1.42 bits per heavy atom. The van der Waals surface area contributed by atoms with Gasteiger partial charge in [-0.1, -0.05) is 12.8 Å². The van der Waals surface area contributed by atoms with Crippen LogP contribution in [0.15, 0.2) is 15.8 Å². The molecule has 1 aromatic rings. The molecular weight excluding hydrogens is 248 g/mol. The second-order valence-corrected chi connectivity index (χ2v) is 4.85. The van der Waals surface area contributed by atoms with Crippen LogP contribution in [0, 0.1) is 5.92 Å². The maximum atomic E-state index is 12.0. The highest BCUT2D eigenvalue weighted by molar-refractivity contribution is 5.93. The lowest BCUT2D eigenvalue weighted by atomic mass is 9.98. The van der Waals surface area contributed by atoms with Crippen LogP contribution in [0.2, 0.25) is 0 Å². The number of hydrogen-bond donors (Lipinski definition) is 4. The lowest BCUT2D eigenvalue weighted by molar-refractivity contribution is 0.0922. The summed E-state index contributed by atoms with van der Waals surface area (Å²) in [7, 11) is 0. The van der Waals surface area contributed by atoms with Gasteiger partial charge < -0.3 is 16.0 Å². The van der Waals surface area contributed by atoms with Crippen LogP contribution in [-0.2, 0) is 0 Å². The zero-order valence-electron chi connectivity index (χ0n) is 10.6. The van der Waals surface area contributed by atoms with Crippen molar-refractivity contribution in [3.8, 4) is 0 Å². The van der Waals surface area contributed by atoms with Crippen molar-refractivity contribution in [2.45, 2.75) is 31.7 Å². The van der Waals surface area contributed by atoms with E-state index in [1.807, 2.05) is 4.98 Å². The lowest BCUT2D eigenvalue weighted by Crippen LogP contribution is -2.46. The molecule has 1 amide bonds. The molecule has 0 aromatic carbocycles. The third-order valence-electron chi connectivity index (χ3n) is 3.60. The molecule has 7 heteroatoms. The molecule has 0 radical (unpaired) electrons. The van der Waals surface area contributed by atoms with Crippen LogP contribution in [0.25, 0.3) is 0 Å². The van der Waals surface area contributed by atoms with Gasteiger partial charge in [0.2, 0.25) is 0 Å². The standard InChI is InChI=1S/C12H18N4O3/c13-5-9(7-3-1-2-4-7)15-10(17)8-6-14-12(19)16-11(8)18/h6-7,9H,1-5,13H2,(H,15,17)(H2,14,16,18,19). The molecule has 0 saturated heterocycles. The van der Waals surface area contributed by atoms with Gasteiger partial charge in [0.25, 0.3) is 11.5 Å². The van der Waals surface area contributed by atoms with Gasteiger partial charge in [-0.3, -0.25) is 14.6 Å². The number of carbonyl (C=O) groups is 1. The smallest absolute Gasteiger partial charge is 0.325 e. The van der Waals surface area contributed by atoms with Crippen LogP contribution in [-0.4, -0.2) is 28.5 Å². The van der Waals surface area contributed by atoms with Crippen molar-refractivity contribution in [1.82, 2.24) is 15.3 Å². The van der Waals surface area contributed by atoms with Gasteiger partial charge in [0, 0.05) is 18.8 Å². The number of nitrogens with two attached hydrogens (primary N) is 1. The first kappa shape index (κ1) is 13.5. The summed E-state index contributed by atoms with van der Waals surface area (Å²) in [5, 5.41) is 2.78. The van der Waals surface area contributed by atoms with Crippen LogP contribution in [0.5, 0.6) is 0 Å². The average Bonchev–Trinajstić information content (AvgIpc) is 2.89. The third kappa shape index (κ3) is 3.11. The van der Waals surface area contributed by atoms with Crippen LogP contribution in [0.3, 0.4) is 0 Å². The number of aromatic amines is 2. The minimum Gasteiger partial charge on any atom is -0.348 e. The third-order valence-corrected chi connectivity index (χ3v) is 3.60. The molecule has 0 aliphatic heterocycles. The summed E-state index contributed by atoms with van der Waals surface area (Å²) in [5.74, 6) is -0.129. The topological polar surface area (TPSA) is 121 Å². The zero-order valence-corrected chi connectivity index (χ0v) is 10.6. The van der Waals surface area contributed by atoms with Crippen LogP contribution in [0.1, 0.15) is 36.0 Å². The van der Waals surface area contributed by atoms with E-state index >= 15 is 0 Å². The maximum Gasteiger partial charge on any atom is 0.325 e. The van der Waals surface area contributed by atoms with Crippen molar-refractivity contribution in [2.24, 2.45) is 11.7 Å². The molecule has 1 aliphatic carbocycles. The lowest BCUT2D eigenvalue weighted by Gasteiger charge is -2.22. The molecule has 1 unspecified atom stereocenters. The predicted octanol–water partition coefficient (Wildman–Crippen LogP) is -0.690. The highest BCUT2D eigenvalue weighted by Gasteiger charge is 2.26. The number of aromatic nitrogens is 2. The SMILES string of the molecule is NCC(NC(=O)c1c[nH]c(=O)[nH]c1=O)C1CCCC1. The van der Waals surface area contributed by atoms with Crippen molar-refractivity contribution >= 4 is 5.91 Å². The van der Waals surface area contributed by atoms with Gasteiger partial charge in [0.15, 0.2) is 0 Å². The van der Waals surface area contributed by atoms with E-state index in [1.54, 1.807) is 0 Å². The number of amides is 1. The van der Waals surface area contributed by atoms with Crippen molar-refractivity contribution in [3.63, 3.8) is 0 Å². The number of hydrogen-bond acceptors (Lipinski definition) is 4. The Balaban J connectivity index is 2.10. The van der Waals surface area contributed by atoms with Crippen molar-refractivity contribution in [3.05, 3.63) is 32.6 Å². The Morgan fingerprint density at radius 3 is 2.68 bits per heavy atom. The molecule has 1 aromatic heterocycles. The van der Waals surface area contributed by atoms with Crippen LogP contribution in [0.4, 0.5) is 0 Å². The molecule has 5 N–H and O–H groups in total.